The van der Waals surface area contributed by atoms with Crippen molar-refractivity contribution in [3.8, 4) is 0 Å². The van der Waals surface area contributed by atoms with Gasteiger partial charge < -0.3 is 11.1 Å². The van der Waals surface area contributed by atoms with Gasteiger partial charge in [-0.05, 0) is 19.3 Å². The third kappa shape index (κ3) is 5.63. The molecule has 1 rings (SSSR count). The van der Waals surface area contributed by atoms with E-state index < -0.39 is 0 Å². The Hall–Kier alpha value is -1.52. The quantitative estimate of drug-likeness (QED) is 0.683. The molecule has 0 aromatic carbocycles. The van der Waals surface area contributed by atoms with Crippen LogP contribution in [-0.2, 0) is 6.54 Å². The second kappa shape index (κ2) is 8.61. The molecule has 0 aliphatic carbocycles. The van der Waals surface area contributed by atoms with E-state index in [4.69, 9.17) is 5.73 Å². The molecule has 1 aromatic heterocycles. The Morgan fingerprint density at radius 1 is 1.35 bits per heavy atom. The summed E-state index contributed by atoms with van der Waals surface area (Å²) in [5.41, 5.74) is 6.56. The van der Waals surface area contributed by atoms with E-state index in [1.165, 1.54) is 19.3 Å². The number of hydrogen-bond acceptors (Lipinski definition) is 3. The zero-order valence-electron chi connectivity index (χ0n) is 13.0. The highest BCUT2D eigenvalue weighted by Gasteiger charge is 2.13. The van der Waals surface area contributed by atoms with Gasteiger partial charge in [0.15, 0.2) is 5.69 Å². The lowest BCUT2D eigenvalue weighted by Crippen LogP contribution is -2.25. The average molecular weight is 280 g/mol. The maximum atomic E-state index is 11.9. The van der Waals surface area contributed by atoms with Gasteiger partial charge in [0.1, 0.15) is 0 Å². The number of nitrogens with one attached hydrogen (secondary N) is 1. The van der Waals surface area contributed by atoms with Gasteiger partial charge in [-0.2, -0.15) is 5.10 Å². The Morgan fingerprint density at radius 3 is 2.65 bits per heavy atom. The Bertz CT molecular complexity index is 412. The van der Waals surface area contributed by atoms with Crippen LogP contribution < -0.4 is 11.1 Å². The smallest absolute Gasteiger partial charge is 0.273 e. The average Bonchev–Trinajstić information content (AvgIpc) is 2.78. The summed E-state index contributed by atoms with van der Waals surface area (Å²) in [5, 5.41) is 7.04. The van der Waals surface area contributed by atoms with Crippen LogP contribution in [0.25, 0.3) is 0 Å². The van der Waals surface area contributed by atoms with Crippen LogP contribution in [0.5, 0.6) is 0 Å². The summed E-state index contributed by atoms with van der Waals surface area (Å²) in [5.74, 6) is 0.614. The van der Waals surface area contributed by atoms with Gasteiger partial charge in [0.2, 0.25) is 0 Å². The maximum Gasteiger partial charge on any atom is 0.273 e. The molecule has 1 heterocycles. The molecule has 0 atom stereocenters. The van der Waals surface area contributed by atoms with Gasteiger partial charge >= 0.3 is 0 Å². The summed E-state index contributed by atoms with van der Waals surface area (Å²) < 4.78 is 1.68. The minimum atomic E-state index is -0.170. The molecule has 20 heavy (non-hydrogen) atoms. The van der Waals surface area contributed by atoms with Crippen molar-refractivity contribution in [2.75, 3.05) is 12.3 Å². The Balaban J connectivity index is 2.18. The molecule has 0 aliphatic heterocycles. The van der Waals surface area contributed by atoms with Crippen LogP contribution in [0, 0.1) is 5.92 Å². The van der Waals surface area contributed by atoms with Crippen LogP contribution in [0.15, 0.2) is 6.20 Å². The van der Waals surface area contributed by atoms with Gasteiger partial charge in [0, 0.05) is 19.3 Å². The van der Waals surface area contributed by atoms with Crippen molar-refractivity contribution >= 4 is 11.6 Å². The lowest BCUT2D eigenvalue weighted by Gasteiger charge is -2.05. The number of anilines is 1. The highest BCUT2D eigenvalue weighted by Crippen LogP contribution is 2.10. The summed E-state index contributed by atoms with van der Waals surface area (Å²) in [4.78, 5) is 11.9. The number of unbranched alkanes of at least 4 members (excludes halogenated alkanes) is 3. The molecule has 0 saturated heterocycles. The predicted molar refractivity (Wildman–Crippen MR) is 82.6 cm³/mol. The first-order valence-electron chi connectivity index (χ1n) is 7.65. The summed E-state index contributed by atoms with van der Waals surface area (Å²) in [6, 6.07) is 0. The second-order valence-electron chi connectivity index (χ2n) is 5.64. The number of amides is 1. The standard InChI is InChI=1S/C15H28N4O/c1-4-19-11-13(16)14(18-19)15(20)17-10-8-6-5-7-9-12(2)3/h11-12H,4-10,16H2,1-3H3,(H,17,20). The predicted octanol–water partition coefficient (Wildman–Crippen LogP) is 2.82. The normalized spacial score (nSPS) is 11.0. The minimum absolute atomic E-state index is 0.170. The van der Waals surface area contributed by atoms with Crippen LogP contribution in [0.2, 0.25) is 0 Å². The summed E-state index contributed by atoms with van der Waals surface area (Å²) >= 11 is 0. The molecule has 3 N–H and O–H groups in total. The van der Waals surface area contributed by atoms with Crippen molar-refractivity contribution in [1.82, 2.24) is 15.1 Å². The van der Waals surface area contributed by atoms with E-state index in [2.05, 4.69) is 24.3 Å². The van der Waals surface area contributed by atoms with Crippen LogP contribution in [0.3, 0.4) is 0 Å². The zero-order chi connectivity index (χ0) is 15.0. The van der Waals surface area contributed by atoms with Crippen LogP contribution in [0.4, 0.5) is 5.69 Å². The molecule has 0 radical (unpaired) electrons. The Morgan fingerprint density at radius 2 is 2.05 bits per heavy atom. The lowest BCUT2D eigenvalue weighted by atomic mass is 10.0. The fourth-order valence-electron chi connectivity index (χ4n) is 2.09. The molecule has 0 bridgehead atoms. The van der Waals surface area contributed by atoms with E-state index in [-0.39, 0.29) is 5.91 Å². The Labute approximate surface area is 121 Å². The van der Waals surface area contributed by atoms with Crippen molar-refractivity contribution in [2.24, 2.45) is 5.92 Å². The minimum Gasteiger partial charge on any atom is -0.396 e. The van der Waals surface area contributed by atoms with Crippen molar-refractivity contribution in [3.63, 3.8) is 0 Å². The SMILES string of the molecule is CCn1cc(N)c(C(=O)NCCCCCCC(C)C)n1. The van der Waals surface area contributed by atoms with Gasteiger partial charge in [-0.25, -0.2) is 0 Å². The second-order valence-corrected chi connectivity index (χ2v) is 5.64. The molecule has 0 spiro atoms. The van der Waals surface area contributed by atoms with E-state index in [1.54, 1.807) is 10.9 Å². The number of hydrogen-bond donors (Lipinski definition) is 2. The molecular weight excluding hydrogens is 252 g/mol. The number of aromatic nitrogens is 2. The third-order valence-corrected chi connectivity index (χ3v) is 3.32. The van der Waals surface area contributed by atoms with Gasteiger partial charge in [-0.15, -0.1) is 0 Å². The van der Waals surface area contributed by atoms with Crippen molar-refractivity contribution in [2.45, 2.75) is 59.4 Å². The van der Waals surface area contributed by atoms with Crippen LogP contribution >= 0.6 is 0 Å². The molecule has 114 valence electrons. The maximum absolute atomic E-state index is 11.9. The number of carbonyl (C=O) groups excluding carboxylic acids is 1. The molecule has 1 amide bonds. The number of nitrogens with zero attached hydrogens (tertiary/aromatic N) is 2. The number of aryl methyl sites for hydroxylation is 1. The van der Waals surface area contributed by atoms with Gasteiger partial charge in [0.25, 0.3) is 5.91 Å². The van der Waals surface area contributed by atoms with E-state index in [0.29, 0.717) is 24.5 Å². The highest BCUT2D eigenvalue weighted by molar-refractivity contribution is 5.96. The van der Waals surface area contributed by atoms with E-state index in [0.717, 1.165) is 18.8 Å². The monoisotopic (exact) mass is 280 g/mol. The first-order chi connectivity index (χ1) is 9.54. The van der Waals surface area contributed by atoms with Crippen molar-refractivity contribution in [3.05, 3.63) is 11.9 Å². The third-order valence-electron chi connectivity index (χ3n) is 3.32. The van der Waals surface area contributed by atoms with E-state index >= 15 is 0 Å². The van der Waals surface area contributed by atoms with Gasteiger partial charge in [0.05, 0.1) is 5.69 Å². The number of rotatable bonds is 9. The number of nitrogen functional groups attached to an aromatic ring is 1. The molecular formula is C15H28N4O. The first kappa shape index (κ1) is 16.5. The summed E-state index contributed by atoms with van der Waals surface area (Å²) in [6.45, 7) is 7.87. The number of nitrogens with two attached hydrogens (primary N) is 1. The Kier molecular flexibility index (Phi) is 7.12. The molecule has 5 heteroatoms. The molecule has 0 unspecified atom stereocenters. The summed E-state index contributed by atoms with van der Waals surface area (Å²) in [6.07, 6.45) is 7.67. The fraction of sp³-hybridized carbons (Fsp3) is 0.733. The van der Waals surface area contributed by atoms with Crippen LogP contribution in [-0.4, -0.2) is 22.2 Å². The van der Waals surface area contributed by atoms with Crippen molar-refractivity contribution in [1.29, 1.82) is 0 Å². The van der Waals surface area contributed by atoms with Crippen LogP contribution in [0.1, 0.15) is 63.4 Å². The highest BCUT2D eigenvalue weighted by atomic mass is 16.1. The number of carbonyl (C=O) groups is 1. The molecule has 0 aliphatic rings. The largest absolute Gasteiger partial charge is 0.396 e. The van der Waals surface area contributed by atoms with E-state index in [1.807, 2.05) is 6.92 Å². The zero-order valence-corrected chi connectivity index (χ0v) is 13.0. The van der Waals surface area contributed by atoms with E-state index in [9.17, 15) is 4.79 Å². The van der Waals surface area contributed by atoms with Gasteiger partial charge in [-0.1, -0.05) is 39.5 Å². The van der Waals surface area contributed by atoms with Gasteiger partial charge in [-0.3, -0.25) is 9.48 Å². The molecule has 0 saturated carbocycles. The van der Waals surface area contributed by atoms with Crippen molar-refractivity contribution < 1.29 is 4.79 Å². The lowest BCUT2D eigenvalue weighted by molar-refractivity contribution is 0.0948. The topological polar surface area (TPSA) is 72.9 Å². The molecule has 1 aromatic rings. The first-order valence-corrected chi connectivity index (χ1v) is 7.65. The molecule has 0 fully saturated rings. The summed E-state index contributed by atoms with van der Waals surface area (Å²) in [7, 11) is 0. The fourth-order valence-corrected chi connectivity index (χ4v) is 2.09. The molecule has 5 nitrogen and oxygen atoms in total.